The summed E-state index contributed by atoms with van der Waals surface area (Å²) in [6.07, 6.45) is 5.75. The summed E-state index contributed by atoms with van der Waals surface area (Å²) in [5.74, 6) is -3.35. The van der Waals surface area contributed by atoms with Crippen LogP contribution in [-0.4, -0.2) is 78.7 Å². The average molecular weight is 495 g/mol. The van der Waals surface area contributed by atoms with Crippen molar-refractivity contribution in [2.75, 3.05) is 5.75 Å². The van der Waals surface area contributed by atoms with Crippen LogP contribution in [0.2, 0.25) is 0 Å². The highest BCUT2D eigenvalue weighted by atomic mass is 32.1. The SMILES string of the molecule is CC(C)C(NC(=O)C(N)CS)C(=O)NC(Cc1cnc[nH]1)C(=O)NC(Cc1cnc[nH]1)C(=O)O. The molecular formula is C20H30N8O5S. The molecule has 34 heavy (non-hydrogen) atoms. The van der Waals surface area contributed by atoms with Crippen LogP contribution in [0.1, 0.15) is 25.2 Å². The van der Waals surface area contributed by atoms with Gasteiger partial charge < -0.3 is 36.8 Å². The number of rotatable bonds is 13. The van der Waals surface area contributed by atoms with Crippen LogP contribution in [0, 0.1) is 5.92 Å². The number of hydrogen-bond acceptors (Lipinski definition) is 8. The third-order valence-corrected chi connectivity index (χ3v) is 5.38. The fourth-order valence-electron chi connectivity index (χ4n) is 3.05. The van der Waals surface area contributed by atoms with Gasteiger partial charge in [-0.1, -0.05) is 13.8 Å². The number of thiol groups is 1. The highest BCUT2D eigenvalue weighted by molar-refractivity contribution is 7.80. The molecule has 4 atom stereocenters. The molecule has 0 saturated heterocycles. The first-order chi connectivity index (χ1) is 16.1. The van der Waals surface area contributed by atoms with Gasteiger partial charge in [-0.15, -0.1) is 0 Å². The van der Waals surface area contributed by atoms with E-state index in [2.05, 4.69) is 48.5 Å². The third-order valence-electron chi connectivity index (χ3n) is 4.99. The Kier molecular flexibility index (Phi) is 10.1. The molecule has 0 aliphatic rings. The molecule has 14 heteroatoms. The number of imidazole rings is 2. The zero-order valence-corrected chi connectivity index (χ0v) is 19.7. The number of carboxylic acid groups (broad SMARTS) is 1. The van der Waals surface area contributed by atoms with E-state index in [-0.39, 0.29) is 24.5 Å². The predicted octanol–water partition coefficient (Wildman–Crippen LogP) is -1.63. The van der Waals surface area contributed by atoms with E-state index in [0.29, 0.717) is 11.4 Å². The number of hydrogen-bond donors (Lipinski definition) is 8. The van der Waals surface area contributed by atoms with Gasteiger partial charge in [0.2, 0.25) is 17.7 Å². The smallest absolute Gasteiger partial charge is 0.326 e. The van der Waals surface area contributed by atoms with E-state index in [1.807, 2.05) is 0 Å². The molecule has 0 radical (unpaired) electrons. The zero-order chi connectivity index (χ0) is 25.3. The van der Waals surface area contributed by atoms with Gasteiger partial charge in [-0.05, 0) is 5.92 Å². The van der Waals surface area contributed by atoms with Crippen LogP contribution in [0.15, 0.2) is 25.0 Å². The van der Waals surface area contributed by atoms with Crippen molar-refractivity contribution >= 4 is 36.3 Å². The van der Waals surface area contributed by atoms with E-state index in [4.69, 9.17) is 5.73 Å². The van der Waals surface area contributed by atoms with E-state index in [1.165, 1.54) is 25.0 Å². The van der Waals surface area contributed by atoms with Crippen molar-refractivity contribution < 1.29 is 24.3 Å². The van der Waals surface area contributed by atoms with Gasteiger partial charge in [0.1, 0.15) is 18.1 Å². The molecule has 8 N–H and O–H groups in total. The molecule has 0 saturated carbocycles. The topological polar surface area (TPSA) is 208 Å². The molecule has 13 nitrogen and oxygen atoms in total. The summed E-state index contributed by atoms with van der Waals surface area (Å²) in [5, 5.41) is 17.2. The summed E-state index contributed by atoms with van der Waals surface area (Å²) >= 11 is 3.99. The highest BCUT2D eigenvalue weighted by Crippen LogP contribution is 2.07. The molecule has 186 valence electrons. The molecule has 3 amide bonds. The number of aromatic amines is 2. The Morgan fingerprint density at radius 2 is 1.47 bits per heavy atom. The Labute approximate surface area is 201 Å². The summed E-state index contributed by atoms with van der Waals surface area (Å²) in [5.41, 5.74) is 6.75. The van der Waals surface area contributed by atoms with Crippen molar-refractivity contribution in [2.24, 2.45) is 11.7 Å². The maximum absolute atomic E-state index is 13.1. The lowest BCUT2D eigenvalue weighted by Gasteiger charge is -2.26. The van der Waals surface area contributed by atoms with Crippen molar-refractivity contribution in [2.45, 2.75) is 50.9 Å². The van der Waals surface area contributed by atoms with Gasteiger partial charge in [0.15, 0.2) is 0 Å². The van der Waals surface area contributed by atoms with Gasteiger partial charge in [-0.2, -0.15) is 12.6 Å². The van der Waals surface area contributed by atoms with E-state index >= 15 is 0 Å². The lowest BCUT2D eigenvalue weighted by atomic mass is 10.0. The molecule has 2 rings (SSSR count). The Bertz CT molecular complexity index is 950. The van der Waals surface area contributed by atoms with Crippen LogP contribution in [0.5, 0.6) is 0 Å². The van der Waals surface area contributed by atoms with Gasteiger partial charge in [-0.25, -0.2) is 14.8 Å². The molecule has 2 heterocycles. The Morgan fingerprint density at radius 3 is 1.91 bits per heavy atom. The molecule has 2 aromatic heterocycles. The number of carboxylic acids is 1. The number of aliphatic carboxylic acids is 1. The van der Waals surface area contributed by atoms with Crippen molar-refractivity contribution in [1.82, 2.24) is 35.9 Å². The van der Waals surface area contributed by atoms with E-state index < -0.39 is 47.9 Å². The van der Waals surface area contributed by atoms with Crippen LogP contribution >= 0.6 is 12.6 Å². The molecular weight excluding hydrogens is 464 g/mol. The van der Waals surface area contributed by atoms with Crippen LogP contribution in [0.4, 0.5) is 0 Å². The summed E-state index contributed by atoms with van der Waals surface area (Å²) < 4.78 is 0. The minimum Gasteiger partial charge on any atom is -0.480 e. The molecule has 0 aliphatic carbocycles. The number of amides is 3. The summed E-state index contributed by atoms with van der Waals surface area (Å²) in [4.78, 5) is 63.4. The first kappa shape index (κ1) is 26.9. The first-order valence-corrected chi connectivity index (χ1v) is 11.2. The van der Waals surface area contributed by atoms with Gasteiger partial charge in [-0.3, -0.25) is 14.4 Å². The Morgan fingerprint density at radius 1 is 0.941 bits per heavy atom. The predicted molar refractivity (Wildman–Crippen MR) is 125 cm³/mol. The normalized spacial score (nSPS) is 14.6. The molecule has 0 spiro atoms. The summed E-state index contributed by atoms with van der Waals surface area (Å²) in [6, 6.07) is -4.28. The van der Waals surface area contributed by atoms with Gasteiger partial charge in [0.25, 0.3) is 0 Å². The molecule has 0 bridgehead atoms. The highest BCUT2D eigenvalue weighted by Gasteiger charge is 2.32. The second-order valence-corrected chi connectivity index (χ2v) is 8.41. The number of carbonyl (C=O) groups is 4. The Hall–Kier alpha value is -3.39. The average Bonchev–Trinajstić information content (AvgIpc) is 3.49. The number of nitrogens with two attached hydrogens (primary N) is 1. The summed E-state index contributed by atoms with van der Waals surface area (Å²) in [6.45, 7) is 3.46. The van der Waals surface area contributed by atoms with Crippen molar-refractivity contribution in [1.29, 1.82) is 0 Å². The standard InChI is InChI=1S/C20H30N8O5S/c1-10(2)16(28-17(29)13(21)7-34)19(31)26-14(3-11-5-22-8-24-11)18(30)27-15(20(32)33)4-12-6-23-9-25-12/h5-6,8-10,13-16,34H,3-4,7,21H2,1-2H3,(H,22,24)(H,23,25)(H,26,31)(H,27,30)(H,28,29)(H,32,33). The fraction of sp³-hybridized carbons (Fsp3) is 0.500. The van der Waals surface area contributed by atoms with Crippen molar-refractivity contribution in [3.63, 3.8) is 0 Å². The number of nitrogens with zero attached hydrogens (tertiary/aromatic N) is 2. The minimum atomic E-state index is -1.26. The van der Waals surface area contributed by atoms with Gasteiger partial charge in [0, 0.05) is 42.4 Å². The minimum absolute atomic E-state index is 0.0168. The van der Waals surface area contributed by atoms with Crippen LogP contribution in [0.25, 0.3) is 0 Å². The Balaban J connectivity index is 2.18. The maximum Gasteiger partial charge on any atom is 0.326 e. The summed E-state index contributed by atoms with van der Waals surface area (Å²) in [7, 11) is 0. The monoisotopic (exact) mass is 494 g/mol. The number of carbonyl (C=O) groups excluding carboxylic acids is 3. The first-order valence-electron chi connectivity index (χ1n) is 10.6. The van der Waals surface area contributed by atoms with Crippen molar-refractivity contribution in [3.05, 3.63) is 36.4 Å². The molecule has 0 aliphatic heterocycles. The van der Waals surface area contributed by atoms with Crippen LogP contribution in [0.3, 0.4) is 0 Å². The number of aromatic nitrogens is 4. The molecule has 4 unspecified atom stereocenters. The van der Waals surface area contributed by atoms with Gasteiger partial charge >= 0.3 is 5.97 Å². The van der Waals surface area contributed by atoms with Crippen LogP contribution in [-0.2, 0) is 32.0 Å². The van der Waals surface area contributed by atoms with E-state index in [1.54, 1.807) is 13.8 Å². The second kappa shape index (κ2) is 12.7. The lowest BCUT2D eigenvalue weighted by Crippen LogP contribution is -2.59. The largest absolute Gasteiger partial charge is 0.480 e. The quantitative estimate of drug-likeness (QED) is 0.151. The second-order valence-electron chi connectivity index (χ2n) is 8.04. The number of H-pyrrole nitrogens is 2. The molecule has 2 aromatic rings. The molecule has 0 fully saturated rings. The van der Waals surface area contributed by atoms with E-state index in [9.17, 15) is 24.3 Å². The third kappa shape index (κ3) is 7.88. The van der Waals surface area contributed by atoms with Gasteiger partial charge in [0.05, 0.1) is 18.7 Å². The van der Waals surface area contributed by atoms with Crippen LogP contribution < -0.4 is 21.7 Å². The maximum atomic E-state index is 13.1. The zero-order valence-electron chi connectivity index (χ0n) is 18.8. The van der Waals surface area contributed by atoms with E-state index in [0.717, 1.165) is 0 Å². The molecule has 0 aromatic carbocycles. The lowest BCUT2D eigenvalue weighted by molar-refractivity contribution is -0.142. The van der Waals surface area contributed by atoms with Crippen molar-refractivity contribution in [3.8, 4) is 0 Å². The number of nitrogens with one attached hydrogen (secondary N) is 5. The fourth-order valence-corrected chi connectivity index (χ4v) is 3.22.